The van der Waals surface area contributed by atoms with Crippen LogP contribution in [0.5, 0.6) is 0 Å². The van der Waals surface area contributed by atoms with Crippen LogP contribution in [-0.4, -0.2) is 11.5 Å². The number of nitrogens with one attached hydrogen (secondary N) is 1. The fourth-order valence-electron chi connectivity index (χ4n) is 1.36. The molecule has 3 heteroatoms. The molecule has 1 aromatic heterocycles. The van der Waals surface area contributed by atoms with Gasteiger partial charge in [0.1, 0.15) is 5.00 Å². The van der Waals surface area contributed by atoms with Crippen molar-refractivity contribution in [1.82, 2.24) is 4.98 Å². The molecular formula is C9H14N2S. The molecule has 1 N–H and O–H groups in total. The van der Waals surface area contributed by atoms with E-state index in [1.807, 2.05) is 11.3 Å². The van der Waals surface area contributed by atoms with Gasteiger partial charge in [-0.3, -0.25) is 0 Å². The second-order valence-electron chi connectivity index (χ2n) is 3.31. The van der Waals surface area contributed by atoms with Gasteiger partial charge in [0, 0.05) is 18.9 Å². The maximum Gasteiger partial charge on any atom is 0.112 e. The molecule has 1 aliphatic heterocycles. The molecule has 2 nitrogen and oxygen atoms in total. The summed E-state index contributed by atoms with van der Waals surface area (Å²) in [7, 11) is 0. The van der Waals surface area contributed by atoms with Crippen LogP contribution in [0.3, 0.4) is 0 Å². The summed E-state index contributed by atoms with van der Waals surface area (Å²) in [6, 6.07) is 0. The van der Waals surface area contributed by atoms with Crippen LogP contribution in [0.25, 0.3) is 0 Å². The Labute approximate surface area is 77.0 Å². The number of thiazole rings is 1. The van der Waals surface area contributed by atoms with E-state index in [2.05, 4.69) is 24.1 Å². The van der Waals surface area contributed by atoms with Gasteiger partial charge in [0.2, 0.25) is 0 Å². The van der Waals surface area contributed by atoms with Crippen molar-refractivity contribution in [2.45, 2.75) is 32.6 Å². The molecule has 2 heterocycles. The van der Waals surface area contributed by atoms with Crippen molar-refractivity contribution in [1.29, 1.82) is 0 Å². The van der Waals surface area contributed by atoms with E-state index in [0.29, 0.717) is 5.92 Å². The Hall–Kier alpha value is -0.570. The number of nitrogens with zero attached hydrogens (tertiary/aromatic N) is 1. The molecule has 1 aromatic rings. The molecule has 0 aromatic carbocycles. The van der Waals surface area contributed by atoms with E-state index in [1.54, 1.807) is 0 Å². The number of hydrogen-bond donors (Lipinski definition) is 1. The predicted octanol–water partition coefficient (Wildman–Crippen LogP) is 2.62. The molecule has 2 rings (SSSR count). The first kappa shape index (κ1) is 8.05. The molecule has 1 aliphatic rings. The van der Waals surface area contributed by atoms with Gasteiger partial charge in [0.25, 0.3) is 0 Å². The number of hydrogen-bond acceptors (Lipinski definition) is 3. The van der Waals surface area contributed by atoms with Crippen molar-refractivity contribution in [3.8, 4) is 0 Å². The monoisotopic (exact) mass is 182 g/mol. The lowest BCUT2D eigenvalue weighted by Gasteiger charge is -2.02. The highest BCUT2D eigenvalue weighted by atomic mass is 32.1. The van der Waals surface area contributed by atoms with Gasteiger partial charge in [0.15, 0.2) is 0 Å². The minimum Gasteiger partial charge on any atom is -0.375 e. The third kappa shape index (κ3) is 1.22. The third-order valence-electron chi connectivity index (χ3n) is 2.40. The Kier molecular flexibility index (Phi) is 2.05. The van der Waals surface area contributed by atoms with Crippen molar-refractivity contribution in [3.63, 3.8) is 0 Å². The van der Waals surface area contributed by atoms with Gasteiger partial charge in [-0.25, -0.2) is 4.98 Å². The fourth-order valence-corrected chi connectivity index (χ4v) is 2.53. The van der Waals surface area contributed by atoms with Gasteiger partial charge in [-0.05, 0) is 6.42 Å². The van der Waals surface area contributed by atoms with Crippen molar-refractivity contribution in [2.75, 3.05) is 11.9 Å². The molecule has 0 aliphatic carbocycles. The van der Waals surface area contributed by atoms with Crippen LogP contribution in [0.15, 0.2) is 0 Å². The predicted molar refractivity (Wildman–Crippen MR) is 53.0 cm³/mol. The van der Waals surface area contributed by atoms with Gasteiger partial charge in [-0.2, -0.15) is 0 Å². The van der Waals surface area contributed by atoms with Crippen molar-refractivity contribution in [3.05, 3.63) is 10.7 Å². The lowest BCUT2D eigenvalue weighted by Crippen LogP contribution is -1.94. The first-order chi connectivity index (χ1) is 5.81. The van der Waals surface area contributed by atoms with Gasteiger partial charge in [-0.1, -0.05) is 13.8 Å². The van der Waals surface area contributed by atoms with Crippen molar-refractivity contribution >= 4 is 16.3 Å². The van der Waals surface area contributed by atoms with Crippen molar-refractivity contribution in [2.24, 2.45) is 0 Å². The highest BCUT2D eigenvalue weighted by Crippen LogP contribution is 2.33. The third-order valence-corrected chi connectivity index (χ3v) is 3.68. The summed E-state index contributed by atoms with van der Waals surface area (Å²) in [5, 5.41) is 5.97. The maximum atomic E-state index is 4.62. The average Bonchev–Trinajstić information content (AvgIpc) is 2.60. The highest BCUT2D eigenvalue weighted by Gasteiger charge is 2.18. The molecule has 0 radical (unpaired) electrons. The van der Waals surface area contributed by atoms with E-state index in [0.717, 1.165) is 13.0 Å². The average molecular weight is 182 g/mol. The molecule has 66 valence electrons. The number of aromatic nitrogens is 1. The minimum absolute atomic E-state index is 0.627. The Bertz CT molecular complexity index is 259. The van der Waals surface area contributed by atoms with E-state index in [-0.39, 0.29) is 0 Å². The Morgan fingerprint density at radius 1 is 1.67 bits per heavy atom. The molecule has 0 bridgehead atoms. The Morgan fingerprint density at radius 3 is 3.17 bits per heavy atom. The quantitative estimate of drug-likeness (QED) is 0.760. The number of fused-ring (bicyclic) bond motifs is 1. The summed E-state index contributed by atoms with van der Waals surface area (Å²) in [6.07, 6.45) is 2.30. The zero-order chi connectivity index (χ0) is 8.55. The molecule has 1 atom stereocenters. The van der Waals surface area contributed by atoms with Crippen molar-refractivity contribution < 1.29 is 0 Å². The van der Waals surface area contributed by atoms with Gasteiger partial charge in [-0.15, -0.1) is 11.3 Å². The molecule has 12 heavy (non-hydrogen) atoms. The summed E-state index contributed by atoms with van der Waals surface area (Å²) in [6.45, 7) is 5.54. The van der Waals surface area contributed by atoms with Crippen LogP contribution >= 0.6 is 11.3 Å². The molecular weight excluding hydrogens is 168 g/mol. The van der Waals surface area contributed by atoms with E-state index in [9.17, 15) is 0 Å². The zero-order valence-corrected chi connectivity index (χ0v) is 8.37. The van der Waals surface area contributed by atoms with Crippen LogP contribution in [0.1, 0.15) is 36.9 Å². The molecule has 0 amide bonds. The molecule has 0 saturated heterocycles. The second kappa shape index (κ2) is 3.05. The zero-order valence-electron chi connectivity index (χ0n) is 7.55. The first-order valence-electron chi connectivity index (χ1n) is 4.54. The molecule has 0 saturated carbocycles. The van der Waals surface area contributed by atoms with Crippen LogP contribution in [-0.2, 0) is 6.42 Å². The SMILES string of the molecule is CCC(C)c1nc2c(s1)NCC2. The molecule has 0 fully saturated rings. The largest absolute Gasteiger partial charge is 0.375 e. The van der Waals surface area contributed by atoms with Crippen LogP contribution in [0.4, 0.5) is 5.00 Å². The number of rotatable bonds is 2. The van der Waals surface area contributed by atoms with Crippen LogP contribution in [0, 0.1) is 0 Å². The number of anilines is 1. The normalized spacial score (nSPS) is 17.2. The van der Waals surface area contributed by atoms with Gasteiger partial charge in [0.05, 0.1) is 10.7 Å². The van der Waals surface area contributed by atoms with Gasteiger partial charge < -0.3 is 5.32 Å². The topological polar surface area (TPSA) is 24.9 Å². The summed E-state index contributed by atoms with van der Waals surface area (Å²) in [5.74, 6) is 0.627. The lowest BCUT2D eigenvalue weighted by atomic mass is 10.1. The minimum atomic E-state index is 0.627. The first-order valence-corrected chi connectivity index (χ1v) is 5.36. The summed E-state index contributed by atoms with van der Waals surface area (Å²) in [4.78, 5) is 4.62. The maximum absolute atomic E-state index is 4.62. The van der Waals surface area contributed by atoms with E-state index < -0.39 is 0 Å². The summed E-state index contributed by atoms with van der Waals surface area (Å²) in [5.41, 5.74) is 1.29. The van der Waals surface area contributed by atoms with Crippen LogP contribution < -0.4 is 5.32 Å². The molecule has 0 spiro atoms. The Morgan fingerprint density at radius 2 is 2.50 bits per heavy atom. The lowest BCUT2D eigenvalue weighted by molar-refractivity contribution is 0.722. The summed E-state index contributed by atoms with van der Waals surface area (Å²) >= 11 is 1.83. The highest BCUT2D eigenvalue weighted by molar-refractivity contribution is 7.16. The van der Waals surface area contributed by atoms with E-state index >= 15 is 0 Å². The summed E-state index contributed by atoms with van der Waals surface area (Å²) < 4.78 is 0. The van der Waals surface area contributed by atoms with E-state index in [1.165, 1.54) is 22.1 Å². The molecule has 1 unspecified atom stereocenters. The smallest absolute Gasteiger partial charge is 0.112 e. The van der Waals surface area contributed by atoms with Crippen LogP contribution in [0.2, 0.25) is 0 Å². The standard InChI is InChI=1S/C9H14N2S/c1-3-6(2)8-11-7-4-5-10-9(7)12-8/h6,10H,3-5H2,1-2H3. The Balaban J connectivity index is 2.25. The van der Waals surface area contributed by atoms with E-state index in [4.69, 9.17) is 0 Å². The fraction of sp³-hybridized carbons (Fsp3) is 0.667. The second-order valence-corrected chi connectivity index (χ2v) is 4.34. The van der Waals surface area contributed by atoms with Gasteiger partial charge >= 0.3 is 0 Å².